The minimum atomic E-state index is -0.495. The Bertz CT molecular complexity index is 297. The molecule has 2 atom stereocenters. The topological polar surface area (TPSA) is 26.3 Å². The van der Waals surface area contributed by atoms with Gasteiger partial charge in [0.2, 0.25) is 0 Å². The number of alkyl halides is 1. The van der Waals surface area contributed by atoms with E-state index in [4.69, 9.17) is 4.74 Å². The van der Waals surface area contributed by atoms with Crippen LogP contribution in [0, 0.1) is 0 Å². The van der Waals surface area contributed by atoms with Crippen molar-refractivity contribution >= 4 is 37.8 Å². The molecule has 86 valence electrons. The van der Waals surface area contributed by atoms with E-state index in [1.165, 1.54) is 0 Å². The zero-order chi connectivity index (χ0) is 11.6. The van der Waals surface area contributed by atoms with Crippen molar-refractivity contribution in [2.75, 3.05) is 0 Å². The Labute approximate surface area is 108 Å². The van der Waals surface area contributed by atoms with Gasteiger partial charge in [0.1, 0.15) is 10.1 Å². The fraction of sp³-hybridized carbons (Fsp3) is 0.727. The van der Waals surface area contributed by atoms with Crippen LogP contribution < -0.4 is 0 Å². The van der Waals surface area contributed by atoms with Crippen LogP contribution in [0.3, 0.4) is 0 Å². The lowest BCUT2D eigenvalue weighted by Gasteiger charge is -2.29. The van der Waals surface area contributed by atoms with Crippen LogP contribution in [0.5, 0.6) is 0 Å². The fourth-order valence-corrected chi connectivity index (χ4v) is 2.72. The fourth-order valence-electron chi connectivity index (χ4n) is 1.67. The number of esters is 1. The number of rotatable bonds is 4. The highest BCUT2D eigenvalue weighted by atomic mass is 79.9. The molecule has 0 amide bonds. The molecule has 0 saturated carbocycles. The van der Waals surface area contributed by atoms with Crippen molar-refractivity contribution < 1.29 is 9.53 Å². The summed E-state index contributed by atoms with van der Waals surface area (Å²) in [5.41, 5.74) is 0.587. The standard InChI is InChI=1S/C11H16Br2O2/c1-4-5-6-8-9(13)10(14)15-11(8,3)7(2)12/h7H,4-6H2,1-3H3. The summed E-state index contributed by atoms with van der Waals surface area (Å²) in [6, 6.07) is 0. The predicted octanol–water partition coefficient (Wildman–Crippen LogP) is 3.92. The molecule has 1 heterocycles. The highest BCUT2D eigenvalue weighted by molar-refractivity contribution is 9.12. The number of carbonyl (C=O) groups excluding carboxylic acids is 1. The summed E-state index contributed by atoms with van der Waals surface area (Å²) < 4.78 is 6.04. The number of ether oxygens (including phenoxy) is 1. The summed E-state index contributed by atoms with van der Waals surface area (Å²) in [4.78, 5) is 11.6. The summed E-state index contributed by atoms with van der Waals surface area (Å²) in [5, 5.41) is 0. The Kier molecular flexibility index (Phi) is 4.41. The third-order valence-corrected chi connectivity index (χ3v) is 4.56. The van der Waals surface area contributed by atoms with E-state index in [0.29, 0.717) is 4.48 Å². The second-order valence-electron chi connectivity index (χ2n) is 4.01. The van der Waals surface area contributed by atoms with Gasteiger partial charge in [0.05, 0.1) is 4.83 Å². The van der Waals surface area contributed by atoms with E-state index in [1.54, 1.807) is 0 Å². The summed E-state index contributed by atoms with van der Waals surface area (Å²) in [5.74, 6) is -0.241. The molecule has 0 fully saturated rings. The first-order valence-electron chi connectivity index (χ1n) is 5.20. The highest BCUT2D eigenvalue weighted by Gasteiger charge is 2.45. The molecular weight excluding hydrogens is 324 g/mol. The van der Waals surface area contributed by atoms with Crippen LogP contribution in [0.15, 0.2) is 10.1 Å². The molecule has 1 rings (SSSR count). The Hall–Kier alpha value is 0.170. The first-order valence-corrected chi connectivity index (χ1v) is 6.90. The number of cyclic esters (lactones) is 1. The van der Waals surface area contributed by atoms with Crippen molar-refractivity contribution in [1.29, 1.82) is 0 Å². The molecule has 0 aromatic heterocycles. The van der Waals surface area contributed by atoms with Crippen LogP contribution in [0.4, 0.5) is 0 Å². The molecule has 0 bridgehead atoms. The number of hydrogen-bond donors (Lipinski definition) is 0. The van der Waals surface area contributed by atoms with Gasteiger partial charge < -0.3 is 4.74 Å². The first-order chi connectivity index (χ1) is 6.93. The molecule has 0 aliphatic carbocycles. The smallest absolute Gasteiger partial charge is 0.346 e. The Morgan fingerprint density at radius 3 is 2.60 bits per heavy atom. The lowest BCUT2D eigenvalue weighted by molar-refractivity contribution is -0.144. The van der Waals surface area contributed by atoms with Gasteiger partial charge in [-0.05, 0) is 48.2 Å². The summed E-state index contributed by atoms with van der Waals surface area (Å²) in [6.45, 7) is 6.11. The van der Waals surface area contributed by atoms with Gasteiger partial charge in [0.15, 0.2) is 0 Å². The molecule has 0 aromatic rings. The van der Waals surface area contributed by atoms with Crippen molar-refractivity contribution in [2.24, 2.45) is 0 Å². The Morgan fingerprint density at radius 1 is 1.53 bits per heavy atom. The maximum atomic E-state index is 11.5. The molecular formula is C11H16Br2O2. The monoisotopic (exact) mass is 338 g/mol. The van der Waals surface area contributed by atoms with Gasteiger partial charge in [-0.25, -0.2) is 4.79 Å². The van der Waals surface area contributed by atoms with Crippen LogP contribution in [-0.4, -0.2) is 16.4 Å². The molecule has 2 nitrogen and oxygen atoms in total. The minimum absolute atomic E-state index is 0.121. The third-order valence-electron chi connectivity index (χ3n) is 2.89. The molecule has 0 saturated heterocycles. The van der Waals surface area contributed by atoms with Gasteiger partial charge in [-0.3, -0.25) is 0 Å². The number of hydrogen-bond acceptors (Lipinski definition) is 2. The average molecular weight is 340 g/mol. The van der Waals surface area contributed by atoms with E-state index in [2.05, 4.69) is 38.8 Å². The maximum absolute atomic E-state index is 11.5. The van der Waals surface area contributed by atoms with Crippen LogP contribution >= 0.6 is 31.9 Å². The van der Waals surface area contributed by atoms with Gasteiger partial charge in [-0.15, -0.1) is 0 Å². The third kappa shape index (κ3) is 2.47. The zero-order valence-electron chi connectivity index (χ0n) is 9.27. The molecule has 0 radical (unpaired) electrons. The van der Waals surface area contributed by atoms with Crippen molar-refractivity contribution in [2.45, 2.75) is 50.5 Å². The second-order valence-corrected chi connectivity index (χ2v) is 6.18. The van der Waals surface area contributed by atoms with Crippen molar-refractivity contribution in [3.05, 3.63) is 10.1 Å². The summed E-state index contributed by atoms with van der Waals surface area (Å²) in [7, 11) is 0. The molecule has 4 heteroatoms. The van der Waals surface area contributed by atoms with Crippen molar-refractivity contribution in [1.82, 2.24) is 0 Å². The van der Waals surface area contributed by atoms with E-state index in [0.717, 1.165) is 24.8 Å². The van der Waals surface area contributed by atoms with Crippen LogP contribution in [0.1, 0.15) is 40.0 Å². The molecule has 0 spiro atoms. The zero-order valence-corrected chi connectivity index (χ0v) is 12.4. The second kappa shape index (κ2) is 5.00. The quantitative estimate of drug-likeness (QED) is 0.573. The van der Waals surface area contributed by atoms with Gasteiger partial charge in [0.25, 0.3) is 0 Å². The number of halogens is 2. The molecule has 0 aromatic carbocycles. The lowest BCUT2D eigenvalue weighted by Crippen LogP contribution is -2.36. The SMILES string of the molecule is CCCCC1=C(Br)C(=O)OC1(C)C(C)Br. The summed E-state index contributed by atoms with van der Waals surface area (Å²) in [6.07, 6.45) is 3.11. The van der Waals surface area contributed by atoms with E-state index >= 15 is 0 Å². The Balaban J connectivity index is 2.97. The lowest BCUT2D eigenvalue weighted by atomic mass is 9.90. The van der Waals surface area contributed by atoms with Crippen LogP contribution in [0.2, 0.25) is 0 Å². The largest absolute Gasteiger partial charge is 0.450 e. The predicted molar refractivity (Wildman–Crippen MR) is 68.4 cm³/mol. The van der Waals surface area contributed by atoms with E-state index < -0.39 is 5.60 Å². The van der Waals surface area contributed by atoms with E-state index in [-0.39, 0.29) is 10.8 Å². The van der Waals surface area contributed by atoms with Crippen molar-refractivity contribution in [3.8, 4) is 0 Å². The molecule has 2 unspecified atom stereocenters. The first kappa shape index (κ1) is 13.2. The molecule has 1 aliphatic rings. The average Bonchev–Trinajstić information content (AvgIpc) is 2.38. The highest BCUT2D eigenvalue weighted by Crippen LogP contribution is 2.42. The minimum Gasteiger partial charge on any atom is -0.450 e. The van der Waals surface area contributed by atoms with E-state index in [1.807, 2.05) is 13.8 Å². The molecule has 15 heavy (non-hydrogen) atoms. The van der Waals surface area contributed by atoms with Crippen LogP contribution in [0.25, 0.3) is 0 Å². The number of carbonyl (C=O) groups is 1. The Morgan fingerprint density at radius 2 is 2.13 bits per heavy atom. The maximum Gasteiger partial charge on any atom is 0.346 e. The van der Waals surface area contributed by atoms with Crippen molar-refractivity contribution in [3.63, 3.8) is 0 Å². The van der Waals surface area contributed by atoms with Gasteiger partial charge in [-0.1, -0.05) is 29.3 Å². The van der Waals surface area contributed by atoms with Gasteiger partial charge in [-0.2, -0.15) is 0 Å². The van der Waals surface area contributed by atoms with Gasteiger partial charge >= 0.3 is 5.97 Å². The van der Waals surface area contributed by atoms with E-state index in [9.17, 15) is 4.79 Å². The number of unbranched alkanes of at least 4 members (excludes halogenated alkanes) is 1. The molecule has 1 aliphatic heterocycles. The van der Waals surface area contributed by atoms with Crippen LogP contribution in [-0.2, 0) is 9.53 Å². The summed E-state index contributed by atoms with van der Waals surface area (Å²) >= 11 is 6.84. The van der Waals surface area contributed by atoms with Gasteiger partial charge in [0, 0.05) is 0 Å². The normalized spacial score (nSPS) is 28.2. The molecule has 0 N–H and O–H groups in total.